The number of aromatic hydroxyl groups is 2. The largest absolute Gasteiger partial charge is 0.507 e. The van der Waals surface area contributed by atoms with Crippen LogP contribution in [0.15, 0.2) is 47.5 Å². The van der Waals surface area contributed by atoms with Crippen molar-refractivity contribution in [3.8, 4) is 11.6 Å². The van der Waals surface area contributed by atoms with Crippen molar-refractivity contribution in [2.75, 3.05) is 5.32 Å². The summed E-state index contributed by atoms with van der Waals surface area (Å²) < 4.78 is 0. The molecule has 0 saturated heterocycles. The van der Waals surface area contributed by atoms with Crippen LogP contribution < -0.4 is 5.32 Å². The highest BCUT2D eigenvalue weighted by atomic mass is 32.1. The van der Waals surface area contributed by atoms with E-state index in [1.807, 2.05) is 24.3 Å². The van der Waals surface area contributed by atoms with Gasteiger partial charge in [0, 0.05) is 23.0 Å². The van der Waals surface area contributed by atoms with Crippen LogP contribution in [0.4, 0.5) is 16.5 Å². The molecule has 3 aromatic rings. The number of hydrogen-bond donors (Lipinski definition) is 4. The first-order valence-corrected chi connectivity index (χ1v) is 8.71. The predicted molar refractivity (Wildman–Crippen MR) is 105 cm³/mol. The Morgan fingerprint density at radius 1 is 1.15 bits per heavy atom. The van der Waals surface area contributed by atoms with Crippen LogP contribution in [0.2, 0.25) is 0 Å². The molecule has 0 spiro atoms. The van der Waals surface area contributed by atoms with Gasteiger partial charge >= 0.3 is 5.97 Å². The minimum Gasteiger partial charge on any atom is -0.507 e. The topological polar surface area (TPSA) is 115 Å². The zero-order valence-electron chi connectivity index (χ0n) is 13.7. The SMILES string of the molecule is O=C(O)c1cc(Nc2nc(O)c(/C=C3\C=Nc4ccccc43)s2)ccc1O. The Balaban J connectivity index is 1.62. The number of carbonyl (C=O) groups is 1. The first-order valence-electron chi connectivity index (χ1n) is 7.89. The highest BCUT2D eigenvalue weighted by Gasteiger charge is 2.15. The number of para-hydroxylation sites is 1. The van der Waals surface area contributed by atoms with E-state index >= 15 is 0 Å². The molecule has 1 aromatic heterocycles. The van der Waals surface area contributed by atoms with Gasteiger partial charge in [-0.05, 0) is 30.3 Å². The molecule has 1 aliphatic rings. The molecular formula is C19H13N3O4S. The smallest absolute Gasteiger partial charge is 0.339 e. The molecule has 0 unspecified atom stereocenters. The van der Waals surface area contributed by atoms with Gasteiger partial charge in [0.2, 0.25) is 5.88 Å². The summed E-state index contributed by atoms with van der Waals surface area (Å²) in [6.45, 7) is 0. The zero-order valence-corrected chi connectivity index (χ0v) is 14.6. The molecule has 0 bridgehead atoms. The molecule has 4 N–H and O–H groups in total. The van der Waals surface area contributed by atoms with E-state index in [2.05, 4.69) is 15.3 Å². The highest BCUT2D eigenvalue weighted by molar-refractivity contribution is 7.16. The average Bonchev–Trinajstić information content (AvgIpc) is 3.20. The molecule has 0 atom stereocenters. The highest BCUT2D eigenvalue weighted by Crippen LogP contribution is 2.37. The number of phenols is 1. The number of nitrogens with zero attached hydrogens (tertiary/aromatic N) is 2. The van der Waals surface area contributed by atoms with Gasteiger partial charge in [-0.3, -0.25) is 4.99 Å². The van der Waals surface area contributed by atoms with Crippen molar-refractivity contribution < 1.29 is 20.1 Å². The van der Waals surface area contributed by atoms with Crippen LogP contribution in [0.1, 0.15) is 20.8 Å². The van der Waals surface area contributed by atoms with E-state index in [0.717, 1.165) is 16.8 Å². The van der Waals surface area contributed by atoms with E-state index in [1.54, 1.807) is 12.3 Å². The molecule has 7 nitrogen and oxygen atoms in total. The van der Waals surface area contributed by atoms with Crippen molar-refractivity contribution in [1.82, 2.24) is 4.98 Å². The average molecular weight is 379 g/mol. The normalized spacial score (nSPS) is 13.7. The summed E-state index contributed by atoms with van der Waals surface area (Å²) in [5, 5.41) is 32.1. The summed E-state index contributed by atoms with van der Waals surface area (Å²) in [6.07, 6.45) is 3.53. The summed E-state index contributed by atoms with van der Waals surface area (Å²) in [6, 6.07) is 11.8. The molecule has 27 heavy (non-hydrogen) atoms. The number of carboxylic acids is 1. The molecule has 2 heterocycles. The number of allylic oxidation sites excluding steroid dienone is 1. The number of carboxylic acid groups (broad SMARTS) is 1. The number of anilines is 2. The molecule has 0 aliphatic carbocycles. The van der Waals surface area contributed by atoms with Crippen molar-refractivity contribution in [3.05, 3.63) is 58.5 Å². The lowest BCUT2D eigenvalue weighted by atomic mass is 10.1. The Labute approximate surface area is 157 Å². The Morgan fingerprint density at radius 2 is 1.96 bits per heavy atom. The van der Waals surface area contributed by atoms with Gasteiger partial charge in [0.1, 0.15) is 11.3 Å². The van der Waals surface area contributed by atoms with Crippen molar-refractivity contribution in [2.45, 2.75) is 0 Å². The standard InChI is InChI=1S/C19H13N3O4S/c23-15-6-5-11(8-13(15)18(25)26)21-19-22-17(24)16(27-19)7-10-9-20-14-4-2-1-3-12(10)14/h1-9,23-24H,(H,21,22)(H,25,26)/b10-7+. The van der Waals surface area contributed by atoms with Crippen LogP contribution in [0.3, 0.4) is 0 Å². The Hall–Kier alpha value is -3.65. The maximum atomic E-state index is 11.1. The third-order valence-electron chi connectivity index (χ3n) is 3.96. The maximum absolute atomic E-state index is 11.1. The second-order valence-electron chi connectivity index (χ2n) is 5.74. The molecule has 0 radical (unpaired) electrons. The molecule has 0 fully saturated rings. The molecule has 4 rings (SSSR count). The van der Waals surface area contributed by atoms with E-state index in [0.29, 0.717) is 15.7 Å². The number of aromatic nitrogens is 1. The fourth-order valence-electron chi connectivity index (χ4n) is 2.68. The molecule has 1 aliphatic heterocycles. The quantitative estimate of drug-likeness (QED) is 0.504. The van der Waals surface area contributed by atoms with Crippen LogP contribution >= 0.6 is 11.3 Å². The third-order valence-corrected chi connectivity index (χ3v) is 4.86. The van der Waals surface area contributed by atoms with Crippen LogP contribution in [-0.2, 0) is 0 Å². The second kappa shape index (κ2) is 6.58. The lowest BCUT2D eigenvalue weighted by molar-refractivity contribution is 0.0694. The van der Waals surface area contributed by atoms with Gasteiger partial charge < -0.3 is 20.6 Å². The van der Waals surface area contributed by atoms with E-state index in [9.17, 15) is 15.0 Å². The molecule has 0 amide bonds. The van der Waals surface area contributed by atoms with Crippen LogP contribution in [0, 0.1) is 0 Å². The number of fused-ring (bicyclic) bond motifs is 1. The molecule has 134 valence electrons. The molecular weight excluding hydrogens is 366 g/mol. The summed E-state index contributed by atoms with van der Waals surface area (Å²) in [5.41, 5.74) is 2.93. The lowest BCUT2D eigenvalue weighted by Gasteiger charge is -2.05. The monoisotopic (exact) mass is 379 g/mol. The Bertz CT molecular complexity index is 1120. The molecule has 8 heteroatoms. The predicted octanol–water partition coefficient (Wildman–Crippen LogP) is 4.25. The summed E-state index contributed by atoms with van der Waals surface area (Å²) in [5.74, 6) is -1.69. The fraction of sp³-hybridized carbons (Fsp3) is 0. The molecule has 0 saturated carbocycles. The van der Waals surface area contributed by atoms with Crippen LogP contribution in [-0.4, -0.2) is 32.5 Å². The van der Waals surface area contributed by atoms with Crippen molar-refractivity contribution in [1.29, 1.82) is 0 Å². The first-order chi connectivity index (χ1) is 13.0. The summed E-state index contributed by atoms with van der Waals surface area (Å²) in [4.78, 5) is 20.1. The number of aliphatic imine (C=N–C) groups is 1. The lowest BCUT2D eigenvalue weighted by Crippen LogP contribution is -1.98. The summed E-state index contributed by atoms with van der Waals surface area (Å²) in [7, 11) is 0. The van der Waals surface area contributed by atoms with Gasteiger partial charge in [-0.25, -0.2) is 4.79 Å². The number of rotatable bonds is 4. The van der Waals surface area contributed by atoms with Gasteiger partial charge in [-0.15, -0.1) is 0 Å². The van der Waals surface area contributed by atoms with Gasteiger partial charge in [0.05, 0.1) is 10.6 Å². The molecule has 2 aromatic carbocycles. The number of benzene rings is 2. The second-order valence-corrected chi connectivity index (χ2v) is 6.77. The number of aromatic carboxylic acids is 1. The third kappa shape index (κ3) is 3.25. The van der Waals surface area contributed by atoms with Crippen molar-refractivity contribution in [2.24, 2.45) is 4.99 Å². The first kappa shape index (κ1) is 16.8. The van der Waals surface area contributed by atoms with E-state index in [-0.39, 0.29) is 17.2 Å². The minimum atomic E-state index is -1.23. The maximum Gasteiger partial charge on any atom is 0.339 e. The van der Waals surface area contributed by atoms with E-state index in [1.165, 1.54) is 29.5 Å². The number of nitrogens with one attached hydrogen (secondary N) is 1. The van der Waals surface area contributed by atoms with Gasteiger partial charge in [0.25, 0.3) is 0 Å². The van der Waals surface area contributed by atoms with Crippen LogP contribution in [0.25, 0.3) is 11.6 Å². The van der Waals surface area contributed by atoms with E-state index < -0.39 is 5.97 Å². The summed E-state index contributed by atoms with van der Waals surface area (Å²) >= 11 is 1.21. The van der Waals surface area contributed by atoms with Gasteiger partial charge in [-0.2, -0.15) is 4.98 Å². The fourth-order valence-corrected chi connectivity index (χ4v) is 3.51. The zero-order chi connectivity index (χ0) is 19.0. The van der Waals surface area contributed by atoms with Gasteiger partial charge in [0.15, 0.2) is 5.13 Å². The number of thiazole rings is 1. The number of hydrogen-bond acceptors (Lipinski definition) is 7. The van der Waals surface area contributed by atoms with Crippen molar-refractivity contribution >= 4 is 51.7 Å². The Morgan fingerprint density at radius 3 is 2.78 bits per heavy atom. The van der Waals surface area contributed by atoms with Crippen molar-refractivity contribution in [3.63, 3.8) is 0 Å². The van der Waals surface area contributed by atoms with Crippen LogP contribution in [0.5, 0.6) is 11.6 Å². The Kier molecular flexibility index (Phi) is 4.09. The minimum absolute atomic E-state index is 0.134. The van der Waals surface area contributed by atoms with E-state index in [4.69, 9.17) is 5.11 Å². The van der Waals surface area contributed by atoms with Gasteiger partial charge in [-0.1, -0.05) is 29.5 Å².